The molecule has 6 aromatic rings. The maximum absolute atomic E-state index is 10.8. The summed E-state index contributed by atoms with van der Waals surface area (Å²) in [6.07, 6.45) is 16.8. The first kappa shape index (κ1) is 42.9. The number of fused-ring (bicyclic) bond motifs is 2. The van der Waals surface area contributed by atoms with Crippen LogP contribution in [0, 0.1) is 42.4 Å². The van der Waals surface area contributed by atoms with Gasteiger partial charge in [-0.05, 0) is 211 Å². The summed E-state index contributed by atoms with van der Waals surface area (Å²) in [5.74, 6) is 6.36. The van der Waals surface area contributed by atoms with Crippen LogP contribution in [0.5, 0.6) is 11.5 Å². The molecular weight excluding hydrogens is 769 g/mol. The van der Waals surface area contributed by atoms with E-state index in [2.05, 4.69) is 110 Å². The Bertz CT molecular complexity index is 2580. The molecule has 6 heteroatoms. The molecule has 6 nitrogen and oxygen atoms in total. The molecule has 8 saturated carbocycles. The summed E-state index contributed by atoms with van der Waals surface area (Å²) < 4.78 is 0. The highest BCUT2D eigenvalue weighted by Gasteiger charge is 2.53. The molecule has 6 aromatic carbocycles. The number of carbonyl (C=O) groups excluding carboxylic acids is 4. The van der Waals surface area contributed by atoms with Crippen molar-refractivity contribution in [3.63, 3.8) is 0 Å². The van der Waals surface area contributed by atoms with Crippen LogP contribution in [0.3, 0.4) is 0 Å². The van der Waals surface area contributed by atoms with Crippen molar-refractivity contribution < 1.29 is 29.4 Å². The van der Waals surface area contributed by atoms with Crippen molar-refractivity contribution in [3.05, 3.63) is 132 Å². The van der Waals surface area contributed by atoms with Gasteiger partial charge in [-0.1, -0.05) is 91.9 Å². The molecule has 8 fully saturated rings. The van der Waals surface area contributed by atoms with Crippen molar-refractivity contribution in [2.24, 2.45) is 35.5 Å². The molecule has 0 saturated heterocycles. The van der Waals surface area contributed by atoms with E-state index in [0.29, 0.717) is 11.5 Å². The molecule has 0 amide bonds. The topological polar surface area (TPSA) is 109 Å². The Labute approximate surface area is 365 Å². The van der Waals surface area contributed by atoms with Gasteiger partial charge in [-0.25, -0.2) is 0 Å². The molecule has 0 aliphatic heterocycles. The SMILES string of the molecule is C.Cc1ccc2cc(-c3ccc(O)c(C45CC6CC(CC(C6)C4)C5)c3)ccc2c1.O=C=O.O=C=O.Oc1ccc(-c2ccc3ccccc3c2)cc1C12CC3CC(CC(C3)C1)C2. The van der Waals surface area contributed by atoms with Crippen molar-refractivity contribution in [1.29, 1.82) is 0 Å². The van der Waals surface area contributed by atoms with Crippen LogP contribution in [0.4, 0.5) is 0 Å². The highest BCUT2D eigenvalue weighted by molar-refractivity contribution is 5.89. The Morgan fingerprint density at radius 3 is 1.15 bits per heavy atom. The van der Waals surface area contributed by atoms with E-state index in [4.69, 9.17) is 19.2 Å². The van der Waals surface area contributed by atoms with Crippen LogP contribution in [0.15, 0.2) is 115 Å². The molecule has 8 aliphatic carbocycles. The molecule has 0 unspecified atom stereocenters. The molecule has 0 aromatic heterocycles. The number of phenols is 2. The third kappa shape index (κ3) is 8.27. The minimum absolute atomic E-state index is 0. The number of hydrogen-bond acceptors (Lipinski definition) is 6. The lowest BCUT2D eigenvalue weighted by molar-refractivity contribution is -0.193. The predicted octanol–water partition coefficient (Wildman–Crippen LogP) is 13.1. The lowest BCUT2D eigenvalue weighted by Crippen LogP contribution is -2.48. The van der Waals surface area contributed by atoms with E-state index in [9.17, 15) is 10.2 Å². The third-order valence-corrected chi connectivity index (χ3v) is 15.6. The van der Waals surface area contributed by atoms with Gasteiger partial charge in [-0.2, -0.15) is 19.2 Å². The van der Waals surface area contributed by atoms with Gasteiger partial charge in [-0.3, -0.25) is 0 Å². The van der Waals surface area contributed by atoms with Gasteiger partial charge in [-0.15, -0.1) is 0 Å². The van der Waals surface area contributed by atoms with Crippen LogP contribution in [0.25, 0.3) is 43.8 Å². The highest BCUT2D eigenvalue weighted by atomic mass is 16.3. The number of hydrogen-bond donors (Lipinski definition) is 2. The second-order valence-electron chi connectivity index (χ2n) is 19.7. The predicted molar refractivity (Wildman–Crippen MR) is 243 cm³/mol. The van der Waals surface area contributed by atoms with Crippen molar-refractivity contribution in [2.75, 3.05) is 0 Å². The van der Waals surface area contributed by atoms with Crippen LogP contribution in [-0.4, -0.2) is 22.5 Å². The minimum atomic E-state index is 0. The number of benzene rings is 6. The van der Waals surface area contributed by atoms with Crippen molar-refractivity contribution in [3.8, 4) is 33.8 Å². The Hall–Kier alpha value is -5.80. The first-order valence-corrected chi connectivity index (χ1v) is 22.3. The maximum atomic E-state index is 10.8. The Morgan fingerprint density at radius 2 is 0.726 bits per heavy atom. The standard InChI is InChI=1S/C27H28O.C26H26O.2CO2.CH4/c1-17-2-3-22-12-23(5-4-21(22)8-17)24-6-7-26(28)25(13-24)27-14-18-9-19(15-27)11-20(10-18)16-27;27-25-8-7-23(22-6-5-20-3-1-2-4-21(20)12-22)13-24(25)26-14-17-9-18(15-26)11-19(10-17)16-26;2*2-1-3;/h2-8,12-13,18-20,28H,9-11,14-16H2,1H3;1-8,12-13,17-19,27H,9-11,14-16H2;;;1H4. The fourth-order valence-corrected chi connectivity index (χ4v) is 14.1. The van der Waals surface area contributed by atoms with Gasteiger partial charge in [0.2, 0.25) is 0 Å². The average molecular weight is 827 g/mol. The van der Waals surface area contributed by atoms with Gasteiger partial charge in [0.1, 0.15) is 11.5 Å². The molecule has 14 rings (SSSR count). The lowest BCUT2D eigenvalue weighted by Gasteiger charge is -2.57. The minimum Gasteiger partial charge on any atom is -0.508 e. The molecule has 0 heterocycles. The van der Waals surface area contributed by atoms with Gasteiger partial charge in [0.25, 0.3) is 0 Å². The first-order chi connectivity index (χ1) is 29.6. The summed E-state index contributed by atoms with van der Waals surface area (Å²) >= 11 is 0. The molecule has 0 radical (unpaired) electrons. The van der Waals surface area contributed by atoms with Crippen LogP contribution in [0.2, 0.25) is 0 Å². The van der Waals surface area contributed by atoms with Crippen LogP contribution >= 0.6 is 0 Å². The van der Waals surface area contributed by atoms with Crippen LogP contribution in [0.1, 0.15) is 101 Å². The van der Waals surface area contributed by atoms with Gasteiger partial charge in [0.05, 0.1) is 0 Å². The van der Waals surface area contributed by atoms with E-state index in [-0.39, 0.29) is 30.6 Å². The van der Waals surface area contributed by atoms with E-state index in [1.165, 1.54) is 138 Å². The molecule has 0 spiro atoms. The molecule has 62 heavy (non-hydrogen) atoms. The zero-order chi connectivity index (χ0) is 42.3. The van der Waals surface area contributed by atoms with Crippen molar-refractivity contribution in [2.45, 2.75) is 102 Å². The fourth-order valence-electron chi connectivity index (χ4n) is 14.1. The summed E-state index contributed by atoms with van der Waals surface area (Å²) in [5.41, 5.74) is 9.20. The number of aryl methyl sites for hydroxylation is 1. The van der Waals surface area contributed by atoms with E-state index >= 15 is 0 Å². The molecule has 2 N–H and O–H groups in total. The van der Waals surface area contributed by atoms with E-state index < -0.39 is 0 Å². The lowest BCUT2D eigenvalue weighted by atomic mass is 9.48. The molecular formula is C56H58O6. The van der Waals surface area contributed by atoms with E-state index in [1.54, 1.807) is 0 Å². The second-order valence-corrected chi connectivity index (χ2v) is 19.7. The molecule has 8 bridgehead atoms. The second kappa shape index (κ2) is 17.5. The number of phenolic OH excluding ortho intramolecular Hbond substituents is 2. The van der Waals surface area contributed by atoms with Gasteiger partial charge in [0.15, 0.2) is 0 Å². The van der Waals surface area contributed by atoms with E-state index in [1.807, 2.05) is 12.1 Å². The van der Waals surface area contributed by atoms with Crippen molar-refractivity contribution in [1.82, 2.24) is 0 Å². The normalized spacial score (nSPS) is 27.9. The largest absolute Gasteiger partial charge is 0.508 e. The average Bonchev–Trinajstić information content (AvgIpc) is 3.23. The zero-order valence-corrected chi connectivity index (χ0v) is 34.9. The summed E-state index contributed by atoms with van der Waals surface area (Å²) in [6.45, 7) is 2.14. The van der Waals surface area contributed by atoms with Crippen LogP contribution in [-0.2, 0) is 30.0 Å². The zero-order valence-electron chi connectivity index (χ0n) is 34.9. The van der Waals surface area contributed by atoms with Crippen molar-refractivity contribution >= 4 is 33.8 Å². The maximum Gasteiger partial charge on any atom is 0.373 e. The van der Waals surface area contributed by atoms with Gasteiger partial charge in [0, 0.05) is 11.1 Å². The molecule has 318 valence electrons. The summed E-state index contributed by atoms with van der Waals surface area (Å²) in [6, 6.07) is 41.4. The number of aromatic hydroxyl groups is 2. The Kier molecular flexibility index (Phi) is 12.1. The highest BCUT2D eigenvalue weighted by Crippen LogP contribution is 2.63. The summed E-state index contributed by atoms with van der Waals surface area (Å²) in [4.78, 5) is 32.5. The Morgan fingerprint density at radius 1 is 0.419 bits per heavy atom. The summed E-state index contributed by atoms with van der Waals surface area (Å²) in [7, 11) is 0. The first-order valence-electron chi connectivity index (χ1n) is 22.3. The summed E-state index contributed by atoms with van der Waals surface area (Å²) in [5, 5.41) is 26.8. The van der Waals surface area contributed by atoms with Crippen LogP contribution < -0.4 is 0 Å². The van der Waals surface area contributed by atoms with E-state index in [0.717, 1.165) is 35.5 Å². The quantitative estimate of drug-likeness (QED) is 0.183. The third-order valence-electron chi connectivity index (χ3n) is 15.6. The molecule has 0 atom stereocenters. The monoisotopic (exact) mass is 826 g/mol. The van der Waals surface area contributed by atoms with Gasteiger partial charge >= 0.3 is 12.3 Å². The smallest absolute Gasteiger partial charge is 0.373 e. The molecule has 8 aliphatic rings. The number of rotatable bonds is 4. The van der Waals surface area contributed by atoms with Gasteiger partial charge < -0.3 is 10.2 Å². The fraction of sp³-hybridized carbons (Fsp3) is 0.393. The Balaban J connectivity index is 0.000000150.